The van der Waals surface area contributed by atoms with E-state index in [1.165, 1.54) is 24.3 Å². The van der Waals surface area contributed by atoms with Gasteiger partial charge < -0.3 is 4.74 Å². The van der Waals surface area contributed by atoms with Gasteiger partial charge >= 0.3 is 17.0 Å². The predicted molar refractivity (Wildman–Crippen MR) is 83.9 cm³/mol. The summed E-state index contributed by atoms with van der Waals surface area (Å²) in [6, 6.07) is 5.41. The Bertz CT molecular complexity index is 873. The minimum Gasteiger partial charge on any atom is -0.462 e. The van der Waals surface area contributed by atoms with Crippen LogP contribution in [0.25, 0.3) is 0 Å². The molecular formula is C14H13F6O6S2-. The topological polar surface area (TPSA) is 94.6 Å². The summed E-state index contributed by atoms with van der Waals surface area (Å²) in [6.07, 6.45) is -3.78. The summed E-state index contributed by atoms with van der Waals surface area (Å²) in [5, 5.41) is 0. The van der Waals surface area contributed by atoms with E-state index in [0.717, 1.165) is 12.5 Å². The Kier molecular flexibility index (Phi) is 6.82. The number of ether oxygens (including phenoxy) is 1. The number of benzene rings is 1. The smallest absolute Gasteiger partial charge is 0.462 e. The zero-order valence-corrected chi connectivity index (χ0v) is 15.8. The molecule has 1 rings (SSSR count). The number of halogens is 6. The van der Waals surface area contributed by atoms with Crippen molar-refractivity contribution in [2.45, 2.75) is 37.4 Å². The molecule has 0 aromatic heterocycles. The Morgan fingerprint density at radius 2 is 1.36 bits per heavy atom. The van der Waals surface area contributed by atoms with E-state index in [9.17, 15) is 48.0 Å². The fourth-order valence-electron chi connectivity index (χ4n) is 1.84. The molecule has 0 heterocycles. The maximum Gasteiger partial charge on any atom is 0.469 e. The maximum absolute atomic E-state index is 12.7. The molecule has 0 amide bonds. The average molecular weight is 455 g/mol. The monoisotopic (exact) mass is 455 g/mol. The van der Waals surface area contributed by atoms with Crippen LogP contribution in [0.5, 0.6) is 0 Å². The highest BCUT2D eigenvalue weighted by Gasteiger charge is 2.54. The highest BCUT2D eigenvalue weighted by molar-refractivity contribution is 8.13. The number of carbonyl (C=O) groups is 1. The number of sulfone groups is 2. The van der Waals surface area contributed by atoms with Gasteiger partial charge in [-0.15, -0.1) is 6.42 Å². The van der Waals surface area contributed by atoms with Crippen LogP contribution in [0.2, 0.25) is 0 Å². The Morgan fingerprint density at radius 1 is 0.964 bits per heavy atom. The van der Waals surface area contributed by atoms with Crippen molar-refractivity contribution < 1.29 is 52.7 Å². The molecule has 0 aliphatic carbocycles. The van der Waals surface area contributed by atoms with E-state index < -0.39 is 53.8 Å². The molecule has 0 radical (unpaired) electrons. The van der Waals surface area contributed by atoms with Gasteiger partial charge in [0.05, 0.1) is 11.7 Å². The van der Waals surface area contributed by atoms with Crippen molar-refractivity contribution in [1.82, 2.24) is 0 Å². The summed E-state index contributed by atoms with van der Waals surface area (Å²) in [6.45, 7) is 2.42. The van der Waals surface area contributed by atoms with Crippen molar-refractivity contribution in [3.63, 3.8) is 0 Å². The van der Waals surface area contributed by atoms with Crippen LogP contribution in [0.1, 0.15) is 29.3 Å². The second-order valence-electron chi connectivity index (χ2n) is 5.56. The second kappa shape index (κ2) is 7.89. The molecule has 0 bridgehead atoms. The van der Waals surface area contributed by atoms with Gasteiger partial charge in [0.1, 0.15) is 19.7 Å². The van der Waals surface area contributed by atoms with E-state index in [1.54, 1.807) is 6.92 Å². The van der Waals surface area contributed by atoms with Gasteiger partial charge in [0.25, 0.3) is 0 Å². The summed E-state index contributed by atoms with van der Waals surface area (Å²) >= 11 is 0. The van der Waals surface area contributed by atoms with Gasteiger partial charge in [0.15, 0.2) is 0 Å². The molecule has 160 valence electrons. The van der Waals surface area contributed by atoms with Crippen LogP contribution in [0.15, 0.2) is 24.3 Å². The van der Waals surface area contributed by atoms with Gasteiger partial charge in [0.2, 0.25) is 0 Å². The molecule has 6 nitrogen and oxygen atoms in total. The van der Waals surface area contributed by atoms with Crippen molar-refractivity contribution in [1.29, 1.82) is 0 Å². The molecule has 14 heteroatoms. The molecule has 1 atom stereocenters. The SMILES string of the molecule is Cc1ccc(C(=O)OC(C)C[C-](S(=O)(=O)C(F)(F)F)S(=O)(=O)C(F)(F)F)cc1. The van der Waals surface area contributed by atoms with Crippen LogP contribution in [0.4, 0.5) is 26.3 Å². The molecule has 28 heavy (non-hydrogen) atoms. The zero-order chi connectivity index (χ0) is 22.1. The number of hydrogen-bond donors (Lipinski definition) is 0. The van der Waals surface area contributed by atoms with E-state index in [1.807, 2.05) is 0 Å². The first-order chi connectivity index (χ1) is 12.4. The summed E-state index contributed by atoms with van der Waals surface area (Å²) in [5.74, 6) is -1.19. The number of hydrogen-bond acceptors (Lipinski definition) is 6. The molecule has 1 aromatic rings. The molecule has 0 aliphatic rings. The lowest BCUT2D eigenvalue weighted by molar-refractivity contribution is -0.0458. The number of alkyl halides is 6. The Labute approximate surface area is 156 Å². The van der Waals surface area contributed by atoms with Crippen molar-refractivity contribution in [3.8, 4) is 0 Å². The lowest BCUT2D eigenvalue weighted by Crippen LogP contribution is -2.41. The van der Waals surface area contributed by atoms with Gasteiger partial charge in [-0.25, -0.2) is 4.79 Å². The third kappa shape index (κ3) is 5.16. The van der Waals surface area contributed by atoms with Crippen LogP contribution in [-0.4, -0.2) is 39.9 Å². The van der Waals surface area contributed by atoms with Crippen molar-refractivity contribution >= 4 is 25.6 Å². The first-order valence-electron chi connectivity index (χ1n) is 7.17. The number of rotatable bonds is 6. The Morgan fingerprint density at radius 3 is 1.71 bits per heavy atom. The van der Waals surface area contributed by atoms with Crippen LogP contribution < -0.4 is 0 Å². The van der Waals surface area contributed by atoms with E-state index in [2.05, 4.69) is 4.74 Å². The standard InChI is InChI=1S/C14H13F6O6S2/c1-8-3-5-10(6-4-8)12(21)26-9(2)7-11(27(22,23)13(15,16)17)28(24,25)14(18,19)20/h3-6,9H,7H2,1-2H3/q-1. The van der Waals surface area contributed by atoms with Gasteiger partial charge in [-0.2, -0.15) is 26.3 Å². The lowest BCUT2D eigenvalue weighted by atomic mass is 10.1. The first-order valence-corrected chi connectivity index (χ1v) is 10.1. The van der Waals surface area contributed by atoms with Crippen molar-refractivity contribution in [2.24, 2.45) is 0 Å². The fraction of sp³-hybridized carbons (Fsp3) is 0.429. The third-order valence-electron chi connectivity index (χ3n) is 3.26. The molecule has 0 N–H and O–H groups in total. The minimum atomic E-state index is -6.86. The summed E-state index contributed by atoms with van der Waals surface area (Å²) in [5.41, 5.74) is -12.0. The third-order valence-corrected chi connectivity index (χ3v) is 7.33. The van der Waals surface area contributed by atoms with Crippen LogP contribution in [0.3, 0.4) is 0 Å². The van der Waals surface area contributed by atoms with E-state index in [0.29, 0.717) is 0 Å². The van der Waals surface area contributed by atoms with Gasteiger partial charge in [-0.3, -0.25) is 16.8 Å². The maximum atomic E-state index is 12.7. The van der Waals surface area contributed by atoms with Crippen LogP contribution in [0, 0.1) is 11.5 Å². The molecule has 0 saturated carbocycles. The van der Waals surface area contributed by atoms with Crippen molar-refractivity contribution in [2.75, 3.05) is 0 Å². The van der Waals surface area contributed by atoms with Crippen LogP contribution in [-0.2, 0) is 24.4 Å². The first kappa shape index (κ1) is 24.2. The Balaban J connectivity index is 3.20. The van der Waals surface area contributed by atoms with E-state index in [-0.39, 0.29) is 5.56 Å². The highest BCUT2D eigenvalue weighted by Crippen LogP contribution is 2.43. The fourth-order valence-corrected chi connectivity index (χ4v) is 4.99. The van der Waals surface area contributed by atoms with Crippen LogP contribution >= 0.6 is 0 Å². The second-order valence-corrected chi connectivity index (χ2v) is 9.74. The molecule has 1 aromatic carbocycles. The quantitative estimate of drug-likeness (QED) is 0.371. The normalized spacial score (nSPS) is 14.8. The minimum absolute atomic E-state index is 0.128. The molecule has 0 saturated heterocycles. The van der Waals surface area contributed by atoms with Gasteiger partial charge in [0, 0.05) is 0 Å². The van der Waals surface area contributed by atoms with Gasteiger partial charge in [-0.05, 0) is 26.0 Å². The molecule has 0 aliphatic heterocycles. The summed E-state index contributed by atoms with van der Waals surface area (Å²) in [4.78, 5) is 11.9. The number of carbonyl (C=O) groups excluding carboxylic acids is 1. The summed E-state index contributed by atoms with van der Waals surface area (Å²) < 4.78 is 123. The Hall–Kier alpha value is -1.83. The van der Waals surface area contributed by atoms with E-state index in [4.69, 9.17) is 0 Å². The summed E-state index contributed by atoms with van der Waals surface area (Å²) in [7, 11) is -13.7. The average Bonchev–Trinajstić information content (AvgIpc) is 2.50. The highest BCUT2D eigenvalue weighted by atomic mass is 32.3. The lowest BCUT2D eigenvalue weighted by Gasteiger charge is -2.33. The molecular weight excluding hydrogens is 442 g/mol. The van der Waals surface area contributed by atoms with Crippen molar-refractivity contribution in [3.05, 3.63) is 40.0 Å². The van der Waals surface area contributed by atoms with Gasteiger partial charge in [-0.1, -0.05) is 22.3 Å². The molecule has 1 unspecified atom stereocenters. The predicted octanol–water partition coefficient (Wildman–Crippen LogP) is 3.29. The van der Waals surface area contributed by atoms with E-state index >= 15 is 0 Å². The zero-order valence-electron chi connectivity index (χ0n) is 14.1. The molecule has 0 fully saturated rings. The molecule has 0 spiro atoms. The number of aryl methyl sites for hydroxylation is 1. The largest absolute Gasteiger partial charge is 0.469 e. The number of esters is 1.